The topological polar surface area (TPSA) is 38.1 Å². The molecule has 20 heavy (non-hydrogen) atoms. The number of benzene rings is 1. The first-order valence-electron chi connectivity index (χ1n) is 7.08. The number of amides is 1. The van der Waals surface area contributed by atoms with Crippen molar-refractivity contribution < 1.29 is 4.79 Å². The number of rotatable bonds is 2. The molecule has 1 aromatic heterocycles. The molecule has 0 unspecified atom stereocenters. The fourth-order valence-corrected chi connectivity index (χ4v) is 2.66. The maximum Gasteiger partial charge on any atom is 0.257 e. The van der Waals surface area contributed by atoms with Gasteiger partial charge in [0.2, 0.25) is 0 Å². The van der Waals surface area contributed by atoms with Gasteiger partial charge in [-0.25, -0.2) is 4.68 Å². The van der Waals surface area contributed by atoms with Gasteiger partial charge in [-0.05, 0) is 38.8 Å². The first-order chi connectivity index (χ1) is 9.66. The summed E-state index contributed by atoms with van der Waals surface area (Å²) in [5.74, 6) is 0.110. The highest BCUT2D eigenvalue weighted by Gasteiger charge is 2.23. The number of carbonyl (C=O) groups excluding carboxylic acids is 1. The van der Waals surface area contributed by atoms with E-state index in [4.69, 9.17) is 0 Å². The van der Waals surface area contributed by atoms with E-state index in [0.717, 1.165) is 37.3 Å². The highest BCUT2D eigenvalue weighted by Crippen LogP contribution is 2.18. The van der Waals surface area contributed by atoms with Crippen LogP contribution in [0.1, 0.15) is 34.5 Å². The van der Waals surface area contributed by atoms with Crippen molar-refractivity contribution in [3.05, 3.63) is 47.3 Å². The Morgan fingerprint density at radius 2 is 1.75 bits per heavy atom. The van der Waals surface area contributed by atoms with Gasteiger partial charge < -0.3 is 4.90 Å². The summed E-state index contributed by atoms with van der Waals surface area (Å²) in [6.07, 6.45) is 3.91. The van der Waals surface area contributed by atoms with Crippen molar-refractivity contribution in [2.45, 2.75) is 26.7 Å². The second-order valence-corrected chi connectivity index (χ2v) is 5.39. The predicted octanol–water partition coefficient (Wildman–Crippen LogP) is 2.73. The molecule has 1 aliphatic heterocycles. The first-order valence-corrected chi connectivity index (χ1v) is 7.08. The van der Waals surface area contributed by atoms with Gasteiger partial charge in [-0.15, -0.1) is 0 Å². The van der Waals surface area contributed by atoms with Gasteiger partial charge in [-0.1, -0.05) is 17.7 Å². The van der Waals surface area contributed by atoms with E-state index in [9.17, 15) is 4.79 Å². The molecule has 2 heterocycles. The van der Waals surface area contributed by atoms with E-state index in [2.05, 4.69) is 24.2 Å². The zero-order valence-corrected chi connectivity index (χ0v) is 12.0. The lowest BCUT2D eigenvalue weighted by atomic mass is 10.2. The maximum absolute atomic E-state index is 12.4. The lowest BCUT2D eigenvalue weighted by Crippen LogP contribution is -2.27. The van der Waals surface area contributed by atoms with Gasteiger partial charge in [0.1, 0.15) is 0 Å². The molecule has 0 atom stereocenters. The van der Waals surface area contributed by atoms with Crippen LogP contribution in [0, 0.1) is 13.8 Å². The normalized spacial score (nSPS) is 14.8. The number of hydrogen-bond donors (Lipinski definition) is 0. The highest BCUT2D eigenvalue weighted by molar-refractivity contribution is 5.95. The summed E-state index contributed by atoms with van der Waals surface area (Å²) in [6.45, 7) is 5.75. The molecule has 1 aromatic carbocycles. The molecular formula is C16H19N3O. The lowest BCUT2D eigenvalue weighted by molar-refractivity contribution is 0.0792. The van der Waals surface area contributed by atoms with Gasteiger partial charge >= 0.3 is 0 Å². The zero-order valence-electron chi connectivity index (χ0n) is 12.0. The molecule has 1 amide bonds. The van der Waals surface area contributed by atoms with Crippen LogP contribution in [0.15, 0.2) is 30.5 Å². The van der Waals surface area contributed by atoms with Crippen molar-refractivity contribution in [2.75, 3.05) is 13.1 Å². The molecule has 4 nitrogen and oxygen atoms in total. The fraction of sp³-hybridized carbons (Fsp3) is 0.375. The molecular weight excluding hydrogens is 250 g/mol. The highest BCUT2D eigenvalue weighted by atomic mass is 16.2. The molecule has 4 heteroatoms. The number of carbonyl (C=O) groups is 1. The minimum Gasteiger partial charge on any atom is -0.339 e. The molecule has 1 saturated heterocycles. The Morgan fingerprint density at radius 3 is 2.40 bits per heavy atom. The van der Waals surface area contributed by atoms with Crippen molar-refractivity contribution >= 4 is 5.91 Å². The number of hydrogen-bond acceptors (Lipinski definition) is 2. The zero-order chi connectivity index (χ0) is 14.1. The van der Waals surface area contributed by atoms with Gasteiger partial charge in [-0.3, -0.25) is 4.79 Å². The Hall–Kier alpha value is -2.10. The average Bonchev–Trinajstić information content (AvgIpc) is 3.09. The van der Waals surface area contributed by atoms with Crippen molar-refractivity contribution in [1.82, 2.24) is 14.7 Å². The van der Waals surface area contributed by atoms with E-state index >= 15 is 0 Å². The standard InChI is InChI=1S/C16H19N3O/c1-12-5-7-14(8-6-12)19-13(2)15(11-17-19)16(20)18-9-3-4-10-18/h5-8,11H,3-4,9-10H2,1-2H3. The van der Waals surface area contributed by atoms with Crippen molar-refractivity contribution in [3.8, 4) is 5.69 Å². The quantitative estimate of drug-likeness (QED) is 0.840. The average molecular weight is 269 g/mol. The number of likely N-dealkylation sites (tertiary alicyclic amines) is 1. The van der Waals surface area contributed by atoms with E-state index < -0.39 is 0 Å². The van der Waals surface area contributed by atoms with Gasteiger partial charge in [-0.2, -0.15) is 5.10 Å². The molecule has 0 radical (unpaired) electrons. The first kappa shape index (κ1) is 12.9. The minimum atomic E-state index is 0.110. The minimum absolute atomic E-state index is 0.110. The number of aryl methyl sites for hydroxylation is 1. The van der Waals surface area contributed by atoms with Crippen LogP contribution in [0.5, 0.6) is 0 Å². The van der Waals surface area contributed by atoms with Gasteiger partial charge in [0, 0.05) is 13.1 Å². The van der Waals surface area contributed by atoms with Crippen molar-refractivity contribution in [3.63, 3.8) is 0 Å². The van der Waals surface area contributed by atoms with Crippen LogP contribution < -0.4 is 0 Å². The molecule has 1 aliphatic rings. The summed E-state index contributed by atoms with van der Waals surface area (Å²) in [5.41, 5.74) is 3.83. The van der Waals surface area contributed by atoms with Gasteiger partial charge in [0.15, 0.2) is 0 Å². The van der Waals surface area contributed by atoms with E-state index in [1.54, 1.807) is 6.20 Å². The molecule has 0 aliphatic carbocycles. The molecule has 0 saturated carbocycles. The molecule has 0 spiro atoms. The van der Waals surface area contributed by atoms with Gasteiger partial charge in [0.05, 0.1) is 23.1 Å². The van der Waals surface area contributed by atoms with Crippen LogP contribution in [0.2, 0.25) is 0 Å². The van der Waals surface area contributed by atoms with Crippen LogP contribution in [0.4, 0.5) is 0 Å². The summed E-state index contributed by atoms with van der Waals surface area (Å²) in [6, 6.07) is 8.16. The third kappa shape index (κ3) is 2.22. The van der Waals surface area contributed by atoms with Crippen LogP contribution in [-0.4, -0.2) is 33.7 Å². The predicted molar refractivity (Wildman–Crippen MR) is 78.2 cm³/mol. The summed E-state index contributed by atoms with van der Waals surface area (Å²) in [7, 11) is 0. The Kier molecular flexibility index (Phi) is 3.30. The summed E-state index contributed by atoms with van der Waals surface area (Å²) < 4.78 is 1.84. The molecule has 104 valence electrons. The van der Waals surface area contributed by atoms with E-state index in [1.807, 2.05) is 28.6 Å². The molecule has 2 aromatic rings. The third-order valence-electron chi connectivity index (χ3n) is 3.91. The van der Waals surface area contributed by atoms with Crippen LogP contribution in [0.25, 0.3) is 5.69 Å². The third-order valence-corrected chi connectivity index (χ3v) is 3.91. The molecule has 1 fully saturated rings. The largest absolute Gasteiger partial charge is 0.339 e. The van der Waals surface area contributed by atoms with Gasteiger partial charge in [0.25, 0.3) is 5.91 Å². The lowest BCUT2D eigenvalue weighted by Gasteiger charge is -2.14. The fourth-order valence-electron chi connectivity index (χ4n) is 2.66. The van der Waals surface area contributed by atoms with E-state index in [-0.39, 0.29) is 5.91 Å². The monoisotopic (exact) mass is 269 g/mol. The Balaban J connectivity index is 1.92. The summed E-state index contributed by atoms with van der Waals surface area (Å²) in [5, 5.41) is 4.38. The molecule has 3 rings (SSSR count). The number of aromatic nitrogens is 2. The van der Waals surface area contributed by atoms with Crippen LogP contribution in [-0.2, 0) is 0 Å². The van der Waals surface area contributed by atoms with Crippen LogP contribution >= 0.6 is 0 Å². The second kappa shape index (κ2) is 5.12. The second-order valence-electron chi connectivity index (χ2n) is 5.39. The summed E-state index contributed by atoms with van der Waals surface area (Å²) >= 11 is 0. The Morgan fingerprint density at radius 1 is 1.10 bits per heavy atom. The molecule has 0 bridgehead atoms. The van der Waals surface area contributed by atoms with Crippen molar-refractivity contribution in [1.29, 1.82) is 0 Å². The smallest absolute Gasteiger partial charge is 0.257 e. The Bertz CT molecular complexity index is 622. The van der Waals surface area contributed by atoms with E-state index in [1.165, 1.54) is 5.56 Å². The van der Waals surface area contributed by atoms with Crippen molar-refractivity contribution in [2.24, 2.45) is 0 Å². The van der Waals surface area contributed by atoms with Crippen LogP contribution in [0.3, 0.4) is 0 Å². The van der Waals surface area contributed by atoms with E-state index in [0.29, 0.717) is 5.56 Å². The Labute approximate surface area is 119 Å². The number of nitrogens with zero attached hydrogens (tertiary/aromatic N) is 3. The molecule has 0 N–H and O–H groups in total. The SMILES string of the molecule is Cc1ccc(-n2ncc(C(=O)N3CCCC3)c2C)cc1. The summed E-state index contributed by atoms with van der Waals surface area (Å²) in [4.78, 5) is 14.4. The maximum atomic E-state index is 12.4.